The van der Waals surface area contributed by atoms with E-state index in [1.807, 2.05) is 32.2 Å². The molecule has 0 aliphatic carbocycles. The van der Waals surface area contributed by atoms with Crippen molar-refractivity contribution in [3.8, 4) is 0 Å². The molecule has 1 saturated heterocycles. The highest BCUT2D eigenvalue weighted by Gasteiger charge is 2.24. The molecule has 0 spiro atoms. The number of amides is 1. The molecule has 0 unspecified atom stereocenters. The van der Waals surface area contributed by atoms with Crippen molar-refractivity contribution >= 4 is 33.4 Å². The predicted octanol–water partition coefficient (Wildman–Crippen LogP) is 3.30. The summed E-state index contributed by atoms with van der Waals surface area (Å²) in [6.07, 6.45) is 1.87. The van der Waals surface area contributed by atoms with Crippen molar-refractivity contribution < 1.29 is 17.9 Å². The van der Waals surface area contributed by atoms with Crippen LogP contribution in [0, 0.1) is 13.8 Å². The molecule has 3 rings (SSSR count). The molecule has 0 bridgehead atoms. The number of nitrogens with one attached hydrogen (secondary N) is 1. The van der Waals surface area contributed by atoms with Crippen molar-refractivity contribution in [2.24, 2.45) is 0 Å². The number of sulfonamides is 1. The summed E-state index contributed by atoms with van der Waals surface area (Å²) in [6, 6.07) is 10.2. The van der Waals surface area contributed by atoms with Crippen LogP contribution in [0.5, 0.6) is 0 Å². The Hall–Kier alpha value is -2.03. The number of thioether (sulfide) groups is 1. The van der Waals surface area contributed by atoms with Crippen molar-refractivity contribution in [3.63, 3.8) is 0 Å². The van der Waals surface area contributed by atoms with E-state index in [9.17, 15) is 13.2 Å². The zero-order valence-electron chi connectivity index (χ0n) is 16.2. The number of ether oxygens (including phenoxy) is 1. The largest absolute Gasteiger partial charge is 0.378 e. The van der Waals surface area contributed by atoms with Gasteiger partial charge in [-0.15, -0.1) is 11.8 Å². The van der Waals surface area contributed by atoms with E-state index < -0.39 is 10.0 Å². The Labute approximate surface area is 170 Å². The molecular formula is C20H24N2O4S2. The third-order valence-corrected chi connectivity index (χ3v) is 6.80. The fourth-order valence-electron chi connectivity index (χ4n) is 3.09. The molecule has 0 atom stereocenters. The van der Waals surface area contributed by atoms with Gasteiger partial charge in [0.2, 0.25) is 0 Å². The van der Waals surface area contributed by atoms with Crippen molar-refractivity contribution in [3.05, 3.63) is 53.1 Å². The van der Waals surface area contributed by atoms with Crippen LogP contribution >= 0.6 is 11.8 Å². The smallest absolute Gasteiger partial charge is 0.261 e. The Morgan fingerprint density at radius 3 is 2.46 bits per heavy atom. The first kappa shape index (κ1) is 20.7. The molecule has 1 N–H and O–H groups in total. The molecule has 2 aromatic rings. The fourth-order valence-corrected chi connectivity index (χ4v) is 4.82. The molecule has 0 aromatic heterocycles. The van der Waals surface area contributed by atoms with Gasteiger partial charge in [-0.2, -0.15) is 0 Å². The molecule has 1 heterocycles. The molecule has 8 heteroatoms. The lowest BCUT2D eigenvalue weighted by Crippen LogP contribution is -2.41. The van der Waals surface area contributed by atoms with Gasteiger partial charge in [0, 0.05) is 18.0 Å². The van der Waals surface area contributed by atoms with Gasteiger partial charge >= 0.3 is 0 Å². The highest BCUT2D eigenvalue weighted by atomic mass is 32.2. The summed E-state index contributed by atoms with van der Waals surface area (Å²) in [5, 5.41) is 0. The summed E-state index contributed by atoms with van der Waals surface area (Å²) in [4.78, 5) is 15.5. The predicted molar refractivity (Wildman–Crippen MR) is 112 cm³/mol. The molecule has 28 heavy (non-hydrogen) atoms. The van der Waals surface area contributed by atoms with Crippen LogP contribution in [-0.4, -0.2) is 51.8 Å². The van der Waals surface area contributed by atoms with Gasteiger partial charge in [0.15, 0.2) is 0 Å². The number of benzene rings is 2. The van der Waals surface area contributed by atoms with E-state index >= 15 is 0 Å². The third kappa shape index (κ3) is 4.51. The lowest BCUT2D eigenvalue weighted by molar-refractivity contribution is 0.0300. The van der Waals surface area contributed by atoms with Crippen LogP contribution < -0.4 is 4.72 Å². The van der Waals surface area contributed by atoms with E-state index in [-0.39, 0.29) is 10.8 Å². The first-order valence-electron chi connectivity index (χ1n) is 8.97. The molecule has 0 radical (unpaired) electrons. The monoisotopic (exact) mass is 420 g/mol. The average Bonchev–Trinajstić information content (AvgIpc) is 2.69. The Morgan fingerprint density at radius 2 is 1.82 bits per heavy atom. The highest BCUT2D eigenvalue weighted by molar-refractivity contribution is 7.98. The second-order valence-corrected chi connectivity index (χ2v) is 9.22. The SMILES string of the molecule is CSc1ccc(S(=O)(=O)Nc2ccc(C)cc2C)cc1C(=O)N1CCOCC1. The van der Waals surface area contributed by atoms with Gasteiger partial charge in [-0.3, -0.25) is 9.52 Å². The maximum Gasteiger partial charge on any atom is 0.261 e. The summed E-state index contributed by atoms with van der Waals surface area (Å²) in [5.74, 6) is -0.170. The zero-order valence-corrected chi connectivity index (χ0v) is 17.8. The first-order valence-corrected chi connectivity index (χ1v) is 11.7. The number of morpholine rings is 1. The minimum atomic E-state index is -3.82. The van der Waals surface area contributed by atoms with Gasteiger partial charge in [-0.05, 0) is 49.9 Å². The van der Waals surface area contributed by atoms with Crippen LogP contribution in [0.1, 0.15) is 21.5 Å². The molecule has 2 aromatic carbocycles. The number of hydrogen-bond acceptors (Lipinski definition) is 5. The van der Waals surface area contributed by atoms with Crippen molar-refractivity contribution in [1.29, 1.82) is 0 Å². The van der Waals surface area contributed by atoms with E-state index in [4.69, 9.17) is 4.74 Å². The number of anilines is 1. The van der Waals surface area contributed by atoms with Crippen LogP contribution in [0.25, 0.3) is 0 Å². The van der Waals surface area contributed by atoms with Gasteiger partial charge in [-0.1, -0.05) is 17.7 Å². The minimum absolute atomic E-state index is 0.0712. The van der Waals surface area contributed by atoms with Gasteiger partial charge < -0.3 is 9.64 Å². The Morgan fingerprint density at radius 1 is 1.11 bits per heavy atom. The summed E-state index contributed by atoms with van der Waals surface area (Å²) >= 11 is 1.42. The molecule has 1 aliphatic rings. The molecule has 1 fully saturated rings. The number of rotatable bonds is 5. The topological polar surface area (TPSA) is 75.7 Å². The molecule has 0 saturated carbocycles. The van der Waals surface area contributed by atoms with E-state index in [2.05, 4.69) is 4.72 Å². The Balaban J connectivity index is 1.94. The lowest BCUT2D eigenvalue weighted by atomic mass is 10.1. The van der Waals surface area contributed by atoms with Crippen molar-refractivity contribution in [1.82, 2.24) is 4.90 Å². The second-order valence-electron chi connectivity index (χ2n) is 6.69. The van der Waals surface area contributed by atoms with Gasteiger partial charge in [0.1, 0.15) is 0 Å². The van der Waals surface area contributed by atoms with Gasteiger partial charge in [-0.25, -0.2) is 8.42 Å². The lowest BCUT2D eigenvalue weighted by Gasteiger charge is -2.27. The van der Waals surface area contributed by atoms with E-state index in [1.165, 1.54) is 23.9 Å². The molecular weight excluding hydrogens is 396 g/mol. The van der Waals surface area contributed by atoms with Crippen LogP contribution in [0.15, 0.2) is 46.2 Å². The maximum absolute atomic E-state index is 13.0. The highest BCUT2D eigenvalue weighted by Crippen LogP contribution is 2.27. The summed E-state index contributed by atoms with van der Waals surface area (Å²) < 4.78 is 33.8. The van der Waals surface area contributed by atoms with Crippen molar-refractivity contribution in [2.45, 2.75) is 23.6 Å². The number of aryl methyl sites for hydroxylation is 2. The van der Waals surface area contributed by atoms with Crippen LogP contribution in [0.4, 0.5) is 5.69 Å². The Bertz CT molecular complexity index is 984. The molecule has 1 aliphatic heterocycles. The standard InChI is InChI=1S/C20H24N2O4S2/c1-14-4-6-18(15(2)12-14)21-28(24,25)16-5-7-19(27-3)17(13-16)20(23)22-8-10-26-11-9-22/h4-7,12-13,21H,8-11H2,1-3H3. The molecule has 6 nitrogen and oxygen atoms in total. The number of hydrogen-bond donors (Lipinski definition) is 1. The van der Waals surface area contributed by atoms with Gasteiger partial charge in [0.25, 0.3) is 15.9 Å². The first-order chi connectivity index (χ1) is 13.3. The van der Waals surface area contributed by atoms with Crippen LogP contribution in [0.3, 0.4) is 0 Å². The van der Waals surface area contributed by atoms with E-state index in [0.717, 1.165) is 16.0 Å². The number of nitrogens with zero attached hydrogens (tertiary/aromatic N) is 1. The van der Waals surface area contributed by atoms with Crippen molar-refractivity contribution in [2.75, 3.05) is 37.3 Å². The minimum Gasteiger partial charge on any atom is -0.378 e. The normalized spacial score (nSPS) is 14.8. The fraction of sp³-hybridized carbons (Fsp3) is 0.350. The number of carbonyl (C=O) groups excluding carboxylic acids is 1. The third-order valence-electron chi connectivity index (χ3n) is 4.64. The number of carbonyl (C=O) groups is 1. The molecule has 1 amide bonds. The average molecular weight is 421 g/mol. The molecule has 150 valence electrons. The van der Waals surface area contributed by atoms with Gasteiger partial charge in [0.05, 0.1) is 29.4 Å². The quantitative estimate of drug-likeness (QED) is 0.751. The van der Waals surface area contributed by atoms with Crippen LogP contribution in [-0.2, 0) is 14.8 Å². The zero-order chi connectivity index (χ0) is 20.3. The Kier molecular flexibility index (Phi) is 6.32. The van der Waals surface area contributed by atoms with Crippen LogP contribution in [0.2, 0.25) is 0 Å². The summed E-state index contributed by atoms with van der Waals surface area (Å²) in [5.41, 5.74) is 2.83. The van der Waals surface area contributed by atoms with E-state index in [1.54, 1.807) is 17.0 Å². The summed E-state index contributed by atoms with van der Waals surface area (Å²) in [7, 11) is -3.82. The van der Waals surface area contributed by atoms with E-state index in [0.29, 0.717) is 37.6 Å². The second kappa shape index (κ2) is 8.55. The summed E-state index contributed by atoms with van der Waals surface area (Å²) in [6.45, 7) is 5.80. The maximum atomic E-state index is 13.0.